The summed E-state index contributed by atoms with van der Waals surface area (Å²) in [6.07, 6.45) is 6.45. The summed E-state index contributed by atoms with van der Waals surface area (Å²) in [5.41, 5.74) is 0. The first kappa shape index (κ1) is 13.4. The van der Waals surface area contributed by atoms with Gasteiger partial charge in [-0.1, -0.05) is 32.1 Å². The molecule has 0 spiro atoms. The lowest BCUT2D eigenvalue weighted by molar-refractivity contribution is -0.135. The van der Waals surface area contributed by atoms with Gasteiger partial charge >= 0.3 is 5.97 Å². The fraction of sp³-hybridized carbons (Fsp3) is 0.900. The predicted octanol–water partition coefficient (Wildman–Crippen LogP) is 1.10. The van der Waals surface area contributed by atoms with Crippen LogP contribution in [0.15, 0.2) is 0 Å². The molecule has 1 saturated carbocycles. The van der Waals surface area contributed by atoms with Gasteiger partial charge in [0.05, 0.1) is 5.25 Å². The molecular weight excluding hydrogens is 230 g/mol. The zero-order valence-electron chi connectivity index (χ0n) is 9.31. The SMILES string of the molecule is O=C(O)CNS(=O)(=O)C1CCCCCCC1. The van der Waals surface area contributed by atoms with Gasteiger partial charge in [-0.3, -0.25) is 4.79 Å². The van der Waals surface area contributed by atoms with E-state index in [-0.39, 0.29) is 0 Å². The quantitative estimate of drug-likeness (QED) is 0.781. The Kier molecular flexibility index (Phi) is 5.21. The maximum Gasteiger partial charge on any atom is 0.318 e. The van der Waals surface area contributed by atoms with Crippen LogP contribution in [0.2, 0.25) is 0 Å². The molecule has 5 nitrogen and oxygen atoms in total. The minimum absolute atomic E-state index is 0.410. The van der Waals surface area contributed by atoms with Crippen LogP contribution in [0.25, 0.3) is 0 Å². The first-order chi connectivity index (χ1) is 7.52. The Bertz CT molecular complexity index is 318. The van der Waals surface area contributed by atoms with Gasteiger partial charge in [-0.15, -0.1) is 0 Å². The van der Waals surface area contributed by atoms with Crippen molar-refractivity contribution in [1.29, 1.82) is 0 Å². The Balaban J connectivity index is 2.54. The maximum atomic E-state index is 11.8. The molecule has 6 heteroatoms. The molecule has 0 heterocycles. The number of carboxylic acids is 1. The Morgan fingerprint density at radius 2 is 1.62 bits per heavy atom. The van der Waals surface area contributed by atoms with E-state index >= 15 is 0 Å². The summed E-state index contributed by atoms with van der Waals surface area (Å²) in [6, 6.07) is 0. The van der Waals surface area contributed by atoms with Crippen LogP contribution in [0, 0.1) is 0 Å². The zero-order valence-corrected chi connectivity index (χ0v) is 10.1. The molecule has 0 aliphatic heterocycles. The number of carboxylic acid groups (broad SMARTS) is 1. The summed E-state index contributed by atoms with van der Waals surface area (Å²) < 4.78 is 25.7. The summed E-state index contributed by atoms with van der Waals surface area (Å²) in [5, 5.41) is 8.04. The molecular formula is C10H19NO4S. The standard InChI is InChI=1S/C10H19NO4S/c12-10(13)8-11-16(14,15)9-6-4-2-1-3-5-7-9/h9,11H,1-8H2,(H,12,13). The van der Waals surface area contributed by atoms with Gasteiger partial charge in [0.2, 0.25) is 10.0 Å². The average Bonchev–Trinajstić information content (AvgIpc) is 2.13. The van der Waals surface area contributed by atoms with Gasteiger partial charge in [-0.05, 0) is 12.8 Å². The van der Waals surface area contributed by atoms with Gasteiger partial charge in [-0.25, -0.2) is 13.1 Å². The number of carbonyl (C=O) groups is 1. The number of aliphatic carboxylic acids is 1. The lowest BCUT2D eigenvalue weighted by atomic mass is 10.0. The van der Waals surface area contributed by atoms with Crippen molar-refractivity contribution < 1.29 is 18.3 Å². The molecule has 0 saturated heterocycles. The predicted molar refractivity (Wildman–Crippen MR) is 60.7 cm³/mol. The van der Waals surface area contributed by atoms with E-state index in [0.29, 0.717) is 12.8 Å². The minimum Gasteiger partial charge on any atom is -0.480 e. The lowest BCUT2D eigenvalue weighted by Crippen LogP contribution is -2.37. The van der Waals surface area contributed by atoms with Crippen molar-refractivity contribution in [3.63, 3.8) is 0 Å². The van der Waals surface area contributed by atoms with Crippen molar-refractivity contribution in [2.24, 2.45) is 0 Å². The van der Waals surface area contributed by atoms with Crippen LogP contribution in [0.1, 0.15) is 44.9 Å². The van der Waals surface area contributed by atoms with E-state index in [1.807, 2.05) is 0 Å². The maximum absolute atomic E-state index is 11.8. The Labute approximate surface area is 96.3 Å². The molecule has 0 unspecified atom stereocenters. The third-order valence-electron chi connectivity index (χ3n) is 2.92. The van der Waals surface area contributed by atoms with E-state index < -0.39 is 27.8 Å². The van der Waals surface area contributed by atoms with Gasteiger partial charge in [0.1, 0.15) is 6.54 Å². The van der Waals surface area contributed by atoms with Crippen molar-refractivity contribution in [2.45, 2.75) is 50.2 Å². The fourth-order valence-electron chi connectivity index (χ4n) is 2.01. The summed E-state index contributed by atoms with van der Waals surface area (Å²) in [7, 11) is -3.45. The molecule has 2 N–H and O–H groups in total. The van der Waals surface area contributed by atoms with Gasteiger partial charge in [-0.2, -0.15) is 0 Å². The molecule has 0 aromatic rings. The van der Waals surface area contributed by atoms with Crippen molar-refractivity contribution in [1.82, 2.24) is 4.72 Å². The molecule has 94 valence electrons. The van der Waals surface area contributed by atoms with Crippen LogP contribution in [-0.2, 0) is 14.8 Å². The van der Waals surface area contributed by atoms with Gasteiger partial charge in [0, 0.05) is 0 Å². The summed E-state index contributed by atoms with van der Waals surface area (Å²) in [4.78, 5) is 10.3. The number of rotatable bonds is 4. The minimum atomic E-state index is -3.45. The molecule has 1 aliphatic carbocycles. The lowest BCUT2D eigenvalue weighted by Gasteiger charge is -2.19. The Morgan fingerprint density at radius 3 is 2.12 bits per heavy atom. The second-order valence-electron chi connectivity index (χ2n) is 4.23. The molecule has 0 bridgehead atoms. The van der Waals surface area contributed by atoms with Crippen LogP contribution in [0.4, 0.5) is 0 Å². The summed E-state index contributed by atoms with van der Waals surface area (Å²) in [5.74, 6) is -1.14. The highest BCUT2D eigenvalue weighted by molar-refractivity contribution is 7.90. The molecule has 0 aromatic heterocycles. The molecule has 1 aliphatic rings. The third kappa shape index (κ3) is 4.49. The van der Waals surface area contributed by atoms with E-state index in [2.05, 4.69) is 4.72 Å². The molecule has 0 radical (unpaired) electrons. The Morgan fingerprint density at radius 1 is 1.12 bits per heavy atom. The van der Waals surface area contributed by atoms with Crippen molar-refractivity contribution in [3.8, 4) is 0 Å². The zero-order chi connectivity index (χ0) is 12.0. The molecule has 0 aromatic carbocycles. The van der Waals surface area contributed by atoms with Crippen molar-refractivity contribution >= 4 is 16.0 Å². The van der Waals surface area contributed by atoms with E-state index in [1.54, 1.807) is 0 Å². The summed E-state index contributed by atoms with van der Waals surface area (Å²) >= 11 is 0. The van der Waals surface area contributed by atoms with E-state index in [0.717, 1.165) is 25.7 Å². The van der Waals surface area contributed by atoms with Crippen LogP contribution >= 0.6 is 0 Å². The van der Waals surface area contributed by atoms with E-state index in [4.69, 9.17) is 5.11 Å². The first-order valence-corrected chi connectivity index (χ1v) is 7.27. The second-order valence-corrected chi connectivity index (χ2v) is 6.27. The van der Waals surface area contributed by atoms with Crippen LogP contribution < -0.4 is 4.72 Å². The van der Waals surface area contributed by atoms with Crippen LogP contribution in [0.3, 0.4) is 0 Å². The largest absolute Gasteiger partial charge is 0.480 e. The number of sulfonamides is 1. The highest BCUT2D eigenvalue weighted by Gasteiger charge is 2.25. The van der Waals surface area contributed by atoms with Crippen LogP contribution in [0.5, 0.6) is 0 Å². The smallest absolute Gasteiger partial charge is 0.318 e. The van der Waals surface area contributed by atoms with E-state index in [9.17, 15) is 13.2 Å². The van der Waals surface area contributed by atoms with Crippen molar-refractivity contribution in [2.75, 3.05) is 6.54 Å². The molecule has 1 fully saturated rings. The molecule has 16 heavy (non-hydrogen) atoms. The van der Waals surface area contributed by atoms with Crippen molar-refractivity contribution in [3.05, 3.63) is 0 Å². The average molecular weight is 249 g/mol. The topological polar surface area (TPSA) is 83.5 Å². The highest BCUT2D eigenvalue weighted by atomic mass is 32.2. The fourth-order valence-corrected chi connectivity index (χ4v) is 3.52. The molecule has 0 amide bonds. The number of hydrogen-bond acceptors (Lipinski definition) is 3. The molecule has 0 atom stereocenters. The van der Waals surface area contributed by atoms with Crippen LogP contribution in [-0.4, -0.2) is 31.3 Å². The number of hydrogen-bond donors (Lipinski definition) is 2. The van der Waals surface area contributed by atoms with Gasteiger partial charge in [0.15, 0.2) is 0 Å². The normalized spacial score (nSPS) is 20.0. The van der Waals surface area contributed by atoms with Gasteiger partial charge in [0.25, 0.3) is 0 Å². The highest BCUT2D eigenvalue weighted by Crippen LogP contribution is 2.21. The monoisotopic (exact) mass is 249 g/mol. The number of nitrogens with one attached hydrogen (secondary N) is 1. The van der Waals surface area contributed by atoms with Gasteiger partial charge < -0.3 is 5.11 Å². The second kappa shape index (κ2) is 6.20. The van der Waals surface area contributed by atoms with E-state index in [1.165, 1.54) is 6.42 Å². The molecule has 1 rings (SSSR count). The summed E-state index contributed by atoms with van der Waals surface area (Å²) in [6.45, 7) is -0.515. The third-order valence-corrected chi connectivity index (χ3v) is 4.81. The Hall–Kier alpha value is -0.620. The first-order valence-electron chi connectivity index (χ1n) is 5.72.